The van der Waals surface area contributed by atoms with Gasteiger partial charge >= 0.3 is 0 Å². The lowest BCUT2D eigenvalue weighted by Crippen LogP contribution is -2.10. The highest BCUT2D eigenvalue weighted by Gasteiger charge is 2.22. The fraction of sp³-hybridized carbons (Fsp3) is 0.250. The average molecular weight is 185 g/mol. The highest BCUT2D eigenvalue weighted by Crippen LogP contribution is 2.33. The second kappa shape index (κ2) is 3.28. The van der Waals surface area contributed by atoms with E-state index < -0.39 is 6.10 Å². The average Bonchev–Trinajstić information content (AvgIpc) is 2.60. The quantitative estimate of drug-likeness (QED) is 0.727. The van der Waals surface area contributed by atoms with Crippen LogP contribution in [-0.2, 0) is 0 Å². The van der Waals surface area contributed by atoms with E-state index in [0.717, 1.165) is 11.1 Å². The van der Waals surface area contributed by atoms with Gasteiger partial charge in [0.15, 0.2) is 0 Å². The Kier molecular flexibility index (Phi) is 2.11. The molecule has 0 heterocycles. The number of aliphatic hydroxyl groups is 1. The summed E-state index contributed by atoms with van der Waals surface area (Å²) in [5.74, 6) is 0.0401. The Hall–Kier alpha value is -1.59. The third kappa shape index (κ3) is 1.23. The zero-order valence-electron chi connectivity index (χ0n) is 7.94. The molecule has 0 amide bonds. The minimum absolute atomic E-state index is 0.0401. The van der Waals surface area contributed by atoms with Gasteiger partial charge in [-0.3, -0.25) is 0 Å². The molecule has 0 aliphatic heterocycles. The Morgan fingerprint density at radius 3 is 2.93 bits per heavy atom. The molecule has 1 aromatic carbocycles. The maximum Gasteiger partial charge on any atom is 0.0998 e. The molecule has 2 atom stereocenters. The largest absolute Gasteiger partial charge is 0.392 e. The van der Waals surface area contributed by atoms with Crippen molar-refractivity contribution in [1.29, 1.82) is 5.26 Å². The van der Waals surface area contributed by atoms with Crippen LogP contribution >= 0.6 is 0 Å². The van der Waals surface area contributed by atoms with Crippen LogP contribution in [0.25, 0.3) is 6.08 Å². The van der Waals surface area contributed by atoms with Gasteiger partial charge in [-0.05, 0) is 24.1 Å². The second-order valence-corrected chi connectivity index (χ2v) is 3.55. The molecular formula is C12H11NO. The summed E-state index contributed by atoms with van der Waals surface area (Å²) < 4.78 is 0. The van der Waals surface area contributed by atoms with Crippen LogP contribution in [-0.4, -0.2) is 11.2 Å². The first-order valence-electron chi connectivity index (χ1n) is 4.63. The SMILES string of the molecule is CC(O)C1C=Cc2c(C#N)cccc21. The van der Waals surface area contributed by atoms with Crippen molar-refractivity contribution >= 4 is 6.08 Å². The molecule has 0 saturated heterocycles. The van der Waals surface area contributed by atoms with Crippen LogP contribution in [0.15, 0.2) is 24.3 Å². The molecule has 0 spiro atoms. The van der Waals surface area contributed by atoms with Crippen LogP contribution in [0.4, 0.5) is 0 Å². The van der Waals surface area contributed by atoms with Gasteiger partial charge in [0.25, 0.3) is 0 Å². The Morgan fingerprint density at radius 1 is 1.50 bits per heavy atom. The number of hydrogen-bond acceptors (Lipinski definition) is 2. The first kappa shape index (κ1) is 8.98. The Labute approximate surface area is 83.1 Å². The Morgan fingerprint density at radius 2 is 2.29 bits per heavy atom. The molecule has 2 nitrogen and oxygen atoms in total. The van der Waals surface area contributed by atoms with E-state index in [1.807, 2.05) is 24.3 Å². The molecule has 2 rings (SSSR count). The van der Waals surface area contributed by atoms with E-state index in [2.05, 4.69) is 6.07 Å². The predicted octanol–water partition coefficient (Wildman–Crippen LogP) is 2.05. The van der Waals surface area contributed by atoms with Crippen LogP contribution in [0.2, 0.25) is 0 Å². The van der Waals surface area contributed by atoms with Crippen LogP contribution in [0.3, 0.4) is 0 Å². The number of nitrogens with zero attached hydrogens (tertiary/aromatic N) is 1. The fourth-order valence-electron chi connectivity index (χ4n) is 1.88. The lowest BCUT2D eigenvalue weighted by atomic mass is 9.94. The molecule has 2 unspecified atom stereocenters. The lowest BCUT2D eigenvalue weighted by Gasteiger charge is -2.13. The van der Waals surface area contributed by atoms with Crippen molar-refractivity contribution in [2.45, 2.75) is 18.9 Å². The molecule has 0 bridgehead atoms. The standard InChI is InChI=1S/C12H11NO/c1-8(14)10-5-6-11-9(7-13)3-2-4-12(10)11/h2-6,8,10,14H,1H3. The summed E-state index contributed by atoms with van der Waals surface area (Å²) in [6, 6.07) is 7.78. The third-order valence-electron chi connectivity index (χ3n) is 2.61. The maximum absolute atomic E-state index is 9.53. The molecule has 70 valence electrons. The van der Waals surface area contributed by atoms with Crippen molar-refractivity contribution in [1.82, 2.24) is 0 Å². The predicted molar refractivity (Wildman–Crippen MR) is 54.6 cm³/mol. The van der Waals surface area contributed by atoms with Crippen LogP contribution < -0.4 is 0 Å². The number of benzene rings is 1. The summed E-state index contributed by atoms with van der Waals surface area (Å²) in [6.07, 6.45) is 3.47. The van der Waals surface area contributed by atoms with Gasteiger partial charge in [-0.15, -0.1) is 0 Å². The van der Waals surface area contributed by atoms with Crippen LogP contribution in [0.1, 0.15) is 29.5 Å². The zero-order chi connectivity index (χ0) is 10.1. The van der Waals surface area contributed by atoms with Gasteiger partial charge in [0.2, 0.25) is 0 Å². The number of hydrogen-bond donors (Lipinski definition) is 1. The van der Waals surface area contributed by atoms with Gasteiger partial charge in [-0.2, -0.15) is 5.26 Å². The second-order valence-electron chi connectivity index (χ2n) is 3.55. The number of fused-ring (bicyclic) bond motifs is 1. The van der Waals surface area contributed by atoms with Crippen molar-refractivity contribution in [3.8, 4) is 6.07 Å². The Bertz CT molecular complexity index is 426. The van der Waals surface area contributed by atoms with Crippen LogP contribution in [0.5, 0.6) is 0 Å². The van der Waals surface area contributed by atoms with Gasteiger partial charge in [0, 0.05) is 5.92 Å². The summed E-state index contributed by atoms with van der Waals surface area (Å²) in [4.78, 5) is 0. The summed E-state index contributed by atoms with van der Waals surface area (Å²) in [7, 11) is 0. The minimum Gasteiger partial charge on any atom is -0.392 e. The monoisotopic (exact) mass is 185 g/mol. The Balaban J connectivity index is 2.53. The van der Waals surface area contributed by atoms with E-state index in [-0.39, 0.29) is 5.92 Å². The van der Waals surface area contributed by atoms with Gasteiger partial charge in [0.1, 0.15) is 0 Å². The van der Waals surface area contributed by atoms with Crippen molar-refractivity contribution in [3.05, 3.63) is 41.0 Å². The first-order chi connectivity index (χ1) is 6.74. The van der Waals surface area contributed by atoms with Crippen molar-refractivity contribution in [2.24, 2.45) is 0 Å². The van der Waals surface area contributed by atoms with Crippen molar-refractivity contribution in [2.75, 3.05) is 0 Å². The minimum atomic E-state index is -0.401. The fourth-order valence-corrected chi connectivity index (χ4v) is 1.88. The zero-order valence-corrected chi connectivity index (χ0v) is 7.94. The molecule has 0 fully saturated rings. The van der Waals surface area contributed by atoms with Gasteiger partial charge in [0.05, 0.1) is 17.7 Å². The first-order valence-corrected chi connectivity index (χ1v) is 4.63. The van der Waals surface area contributed by atoms with Crippen LogP contribution in [0, 0.1) is 11.3 Å². The molecule has 1 aliphatic rings. The van der Waals surface area contributed by atoms with Gasteiger partial charge in [-0.25, -0.2) is 0 Å². The van der Waals surface area contributed by atoms with E-state index in [9.17, 15) is 5.11 Å². The molecule has 1 aliphatic carbocycles. The molecule has 1 aromatic rings. The molecule has 0 aromatic heterocycles. The molecule has 0 saturated carbocycles. The number of aliphatic hydroxyl groups excluding tert-OH is 1. The molecule has 1 N–H and O–H groups in total. The van der Waals surface area contributed by atoms with E-state index in [4.69, 9.17) is 5.26 Å². The highest BCUT2D eigenvalue weighted by molar-refractivity contribution is 5.68. The number of rotatable bonds is 1. The van der Waals surface area contributed by atoms with Crippen molar-refractivity contribution in [3.63, 3.8) is 0 Å². The topological polar surface area (TPSA) is 44.0 Å². The van der Waals surface area contributed by atoms with Gasteiger partial charge < -0.3 is 5.11 Å². The number of nitriles is 1. The van der Waals surface area contributed by atoms with E-state index in [1.54, 1.807) is 13.0 Å². The third-order valence-corrected chi connectivity index (χ3v) is 2.61. The highest BCUT2D eigenvalue weighted by atomic mass is 16.3. The van der Waals surface area contributed by atoms with E-state index >= 15 is 0 Å². The van der Waals surface area contributed by atoms with E-state index in [0.29, 0.717) is 5.56 Å². The smallest absolute Gasteiger partial charge is 0.0998 e. The van der Waals surface area contributed by atoms with Gasteiger partial charge in [-0.1, -0.05) is 24.3 Å². The summed E-state index contributed by atoms with van der Waals surface area (Å²) in [6.45, 7) is 1.77. The molecule has 0 radical (unpaired) electrons. The lowest BCUT2D eigenvalue weighted by molar-refractivity contribution is 0.180. The maximum atomic E-state index is 9.53. The summed E-state index contributed by atoms with van der Waals surface area (Å²) in [5.41, 5.74) is 2.70. The molecular weight excluding hydrogens is 174 g/mol. The summed E-state index contributed by atoms with van der Waals surface area (Å²) in [5, 5.41) is 18.4. The normalized spacial score (nSPS) is 20.2. The van der Waals surface area contributed by atoms with Crippen molar-refractivity contribution < 1.29 is 5.11 Å². The summed E-state index contributed by atoms with van der Waals surface area (Å²) >= 11 is 0. The molecule has 14 heavy (non-hydrogen) atoms. The molecule has 2 heteroatoms. The van der Waals surface area contributed by atoms with E-state index in [1.165, 1.54) is 0 Å².